The van der Waals surface area contributed by atoms with Crippen LogP contribution in [0.15, 0.2) is 0 Å². The molecule has 0 aromatic carbocycles. The van der Waals surface area contributed by atoms with Crippen molar-refractivity contribution in [1.29, 1.82) is 0 Å². The van der Waals surface area contributed by atoms with Crippen LogP contribution in [0, 0.1) is 0 Å². The van der Waals surface area contributed by atoms with E-state index in [4.69, 9.17) is 5.73 Å². The lowest BCUT2D eigenvalue weighted by molar-refractivity contribution is -0.129. The topological polar surface area (TPSA) is 46.3 Å². The van der Waals surface area contributed by atoms with Crippen molar-refractivity contribution in [3.8, 4) is 0 Å². The van der Waals surface area contributed by atoms with Crippen LogP contribution in [0.2, 0.25) is 0 Å². The highest BCUT2D eigenvalue weighted by Gasteiger charge is 2.22. The first-order chi connectivity index (χ1) is 6.88. The second-order valence-corrected chi connectivity index (χ2v) is 6.95. The van der Waals surface area contributed by atoms with E-state index in [0.29, 0.717) is 5.75 Å². The lowest BCUT2D eigenvalue weighted by Gasteiger charge is -2.31. The average molecular weight is 230 g/mol. The Kier molecular flexibility index (Phi) is 4.46. The van der Waals surface area contributed by atoms with Crippen molar-refractivity contribution in [3.63, 3.8) is 0 Å². The molecule has 0 saturated carbocycles. The molecule has 0 spiro atoms. The maximum Gasteiger partial charge on any atom is 0.232 e. The maximum atomic E-state index is 11.8. The summed E-state index contributed by atoms with van der Waals surface area (Å²) in [7, 11) is 0. The first-order valence-electron chi connectivity index (χ1n) is 5.56. The lowest BCUT2D eigenvalue weighted by atomic mass is 10.1. The van der Waals surface area contributed by atoms with Crippen LogP contribution in [0.25, 0.3) is 0 Å². The van der Waals surface area contributed by atoms with Gasteiger partial charge in [-0.15, -0.1) is 11.8 Å². The Morgan fingerprint density at radius 1 is 1.53 bits per heavy atom. The van der Waals surface area contributed by atoms with Gasteiger partial charge >= 0.3 is 0 Å². The maximum absolute atomic E-state index is 11.8. The molecule has 1 saturated heterocycles. The van der Waals surface area contributed by atoms with Crippen LogP contribution in [0.1, 0.15) is 33.6 Å². The molecule has 3 nitrogen and oxygen atoms in total. The zero-order valence-corrected chi connectivity index (χ0v) is 10.8. The van der Waals surface area contributed by atoms with Crippen molar-refractivity contribution >= 4 is 17.7 Å². The second kappa shape index (κ2) is 5.21. The third kappa shape index (κ3) is 4.89. The van der Waals surface area contributed by atoms with E-state index in [2.05, 4.69) is 20.8 Å². The van der Waals surface area contributed by atoms with Gasteiger partial charge < -0.3 is 10.6 Å². The summed E-state index contributed by atoms with van der Waals surface area (Å²) >= 11 is 1.70. The van der Waals surface area contributed by atoms with Crippen molar-refractivity contribution in [1.82, 2.24) is 4.90 Å². The Bertz CT molecular complexity index is 225. The van der Waals surface area contributed by atoms with E-state index in [0.717, 1.165) is 25.9 Å². The molecule has 0 aliphatic carbocycles. The lowest BCUT2D eigenvalue weighted by Crippen LogP contribution is -2.46. The number of nitrogens with zero attached hydrogens (tertiary/aromatic N) is 1. The number of rotatable bonds is 2. The molecule has 1 heterocycles. The summed E-state index contributed by atoms with van der Waals surface area (Å²) in [5.41, 5.74) is 5.84. The number of piperidine rings is 1. The molecule has 0 radical (unpaired) electrons. The number of likely N-dealkylation sites (tertiary alicyclic amines) is 1. The third-order valence-electron chi connectivity index (χ3n) is 2.44. The van der Waals surface area contributed by atoms with Crippen LogP contribution in [0.3, 0.4) is 0 Å². The molecule has 0 aromatic rings. The summed E-state index contributed by atoms with van der Waals surface area (Å²) in [4.78, 5) is 13.7. The minimum absolute atomic E-state index is 0.160. The van der Waals surface area contributed by atoms with E-state index in [9.17, 15) is 4.79 Å². The smallest absolute Gasteiger partial charge is 0.232 e. The number of carbonyl (C=O) groups excluding carboxylic acids is 1. The number of amides is 1. The predicted molar refractivity (Wildman–Crippen MR) is 66.0 cm³/mol. The summed E-state index contributed by atoms with van der Waals surface area (Å²) < 4.78 is 0.160. The van der Waals surface area contributed by atoms with Gasteiger partial charge in [-0.25, -0.2) is 0 Å². The van der Waals surface area contributed by atoms with Gasteiger partial charge in [-0.3, -0.25) is 4.79 Å². The van der Waals surface area contributed by atoms with Crippen LogP contribution < -0.4 is 5.73 Å². The van der Waals surface area contributed by atoms with Gasteiger partial charge in [0, 0.05) is 23.9 Å². The molecule has 4 heteroatoms. The number of hydrogen-bond donors (Lipinski definition) is 1. The summed E-state index contributed by atoms with van der Waals surface area (Å²) in [5, 5.41) is 0. The van der Waals surface area contributed by atoms with Crippen LogP contribution in [-0.2, 0) is 4.79 Å². The summed E-state index contributed by atoms with van der Waals surface area (Å²) in [5.74, 6) is 0.820. The SMILES string of the molecule is CC(C)(C)SCC(=O)N1CCC[C@@H](N)C1. The molecule has 1 rings (SSSR count). The van der Waals surface area contributed by atoms with E-state index in [1.807, 2.05) is 4.90 Å². The van der Waals surface area contributed by atoms with Crippen molar-refractivity contribution in [2.45, 2.75) is 44.4 Å². The van der Waals surface area contributed by atoms with Gasteiger partial charge in [-0.1, -0.05) is 20.8 Å². The first-order valence-corrected chi connectivity index (χ1v) is 6.54. The molecule has 0 bridgehead atoms. The normalized spacial score (nSPS) is 22.9. The highest BCUT2D eigenvalue weighted by Crippen LogP contribution is 2.23. The number of nitrogens with two attached hydrogens (primary N) is 1. The average Bonchev–Trinajstić information content (AvgIpc) is 2.13. The van der Waals surface area contributed by atoms with Gasteiger partial charge in [0.2, 0.25) is 5.91 Å². The number of carbonyl (C=O) groups is 1. The highest BCUT2D eigenvalue weighted by molar-refractivity contribution is 8.01. The molecule has 1 amide bonds. The number of hydrogen-bond acceptors (Lipinski definition) is 3. The fourth-order valence-electron chi connectivity index (χ4n) is 1.61. The van der Waals surface area contributed by atoms with E-state index < -0.39 is 0 Å². The highest BCUT2D eigenvalue weighted by atomic mass is 32.2. The van der Waals surface area contributed by atoms with Crippen LogP contribution >= 0.6 is 11.8 Å². The van der Waals surface area contributed by atoms with Crippen LogP contribution in [0.4, 0.5) is 0 Å². The first kappa shape index (κ1) is 12.8. The molecule has 0 unspecified atom stereocenters. The zero-order valence-electron chi connectivity index (χ0n) is 9.95. The van der Waals surface area contributed by atoms with Crippen LogP contribution in [-0.4, -0.2) is 40.4 Å². The van der Waals surface area contributed by atoms with Crippen LogP contribution in [0.5, 0.6) is 0 Å². The van der Waals surface area contributed by atoms with Crippen molar-refractivity contribution in [3.05, 3.63) is 0 Å². The summed E-state index contributed by atoms with van der Waals surface area (Å²) in [6.45, 7) is 8.02. The Hall–Kier alpha value is -0.220. The van der Waals surface area contributed by atoms with Gasteiger partial charge in [-0.2, -0.15) is 0 Å². The molecule has 2 N–H and O–H groups in total. The van der Waals surface area contributed by atoms with Crippen molar-refractivity contribution < 1.29 is 4.79 Å². The van der Waals surface area contributed by atoms with Gasteiger partial charge in [0.05, 0.1) is 5.75 Å². The van der Waals surface area contributed by atoms with Crippen molar-refractivity contribution in [2.24, 2.45) is 5.73 Å². The molecule has 1 aliphatic heterocycles. The van der Waals surface area contributed by atoms with E-state index in [1.54, 1.807) is 11.8 Å². The van der Waals surface area contributed by atoms with Gasteiger partial charge in [0.25, 0.3) is 0 Å². The largest absolute Gasteiger partial charge is 0.340 e. The van der Waals surface area contributed by atoms with Gasteiger partial charge in [-0.05, 0) is 12.8 Å². The Morgan fingerprint density at radius 2 is 2.20 bits per heavy atom. The molecule has 15 heavy (non-hydrogen) atoms. The molecule has 1 atom stereocenters. The monoisotopic (exact) mass is 230 g/mol. The second-order valence-electron chi connectivity index (χ2n) is 5.14. The summed E-state index contributed by atoms with van der Waals surface area (Å²) in [6.07, 6.45) is 2.10. The Morgan fingerprint density at radius 3 is 2.73 bits per heavy atom. The fourth-order valence-corrected chi connectivity index (χ4v) is 2.35. The molecule has 1 fully saturated rings. The third-order valence-corrected chi connectivity index (χ3v) is 3.70. The number of thioether (sulfide) groups is 1. The summed E-state index contributed by atoms with van der Waals surface area (Å²) in [6, 6.07) is 0.183. The Labute approximate surface area is 96.8 Å². The zero-order chi connectivity index (χ0) is 11.5. The Balaban J connectivity index is 2.33. The predicted octanol–water partition coefficient (Wildman–Crippen LogP) is 1.47. The van der Waals surface area contributed by atoms with E-state index >= 15 is 0 Å². The molecular weight excluding hydrogens is 208 g/mol. The van der Waals surface area contributed by atoms with Gasteiger partial charge in [0.1, 0.15) is 0 Å². The molecule has 1 aliphatic rings. The minimum atomic E-state index is 0.160. The van der Waals surface area contributed by atoms with E-state index in [1.165, 1.54) is 0 Å². The molecule has 88 valence electrons. The van der Waals surface area contributed by atoms with E-state index in [-0.39, 0.29) is 16.7 Å². The minimum Gasteiger partial charge on any atom is -0.340 e. The van der Waals surface area contributed by atoms with Crippen molar-refractivity contribution in [2.75, 3.05) is 18.8 Å². The molecule has 0 aromatic heterocycles. The van der Waals surface area contributed by atoms with Gasteiger partial charge in [0.15, 0.2) is 0 Å². The fraction of sp³-hybridized carbons (Fsp3) is 0.909. The quantitative estimate of drug-likeness (QED) is 0.781. The molecular formula is C11H22N2OS. The standard InChI is InChI=1S/C11H22N2OS/c1-11(2,3)15-8-10(14)13-6-4-5-9(12)7-13/h9H,4-8,12H2,1-3H3/t9-/m1/s1.